The second-order valence-corrected chi connectivity index (χ2v) is 6.27. The van der Waals surface area contributed by atoms with E-state index >= 15 is 0 Å². The van der Waals surface area contributed by atoms with E-state index in [1.165, 1.54) is 31.5 Å². The fraction of sp³-hybridized carbons (Fsp3) is 0.588. The van der Waals surface area contributed by atoms with Gasteiger partial charge in [0.2, 0.25) is 5.91 Å². The van der Waals surface area contributed by atoms with Gasteiger partial charge in [0.25, 0.3) is 0 Å². The third kappa shape index (κ3) is 3.44. The number of likely N-dealkylation sites (tertiary alicyclic amines) is 1. The standard InChI is InChI=1S/C17H25N3O/c1-13-15(8-9-18-13)17(21)19-16-7-3-2-6-14(16)12-20-10-4-5-11-20/h2-3,6-7,13,15,18H,4-5,8-12H2,1H3,(H,19,21). The smallest absolute Gasteiger partial charge is 0.229 e. The zero-order valence-electron chi connectivity index (χ0n) is 12.8. The molecule has 114 valence electrons. The van der Waals surface area contributed by atoms with Crippen LogP contribution < -0.4 is 10.6 Å². The Morgan fingerprint density at radius 2 is 2.10 bits per heavy atom. The average Bonchev–Trinajstić information content (AvgIpc) is 3.12. The molecule has 3 rings (SSSR count). The summed E-state index contributed by atoms with van der Waals surface area (Å²) in [4.78, 5) is 14.9. The Balaban J connectivity index is 1.68. The van der Waals surface area contributed by atoms with Crippen molar-refractivity contribution in [3.8, 4) is 0 Å². The minimum atomic E-state index is 0.0878. The van der Waals surface area contributed by atoms with E-state index < -0.39 is 0 Å². The summed E-state index contributed by atoms with van der Waals surface area (Å²) in [6, 6.07) is 8.48. The first-order chi connectivity index (χ1) is 10.2. The number of carbonyl (C=O) groups is 1. The van der Waals surface area contributed by atoms with Crippen LogP contribution in [0.2, 0.25) is 0 Å². The van der Waals surface area contributed by atoms with E-state index in [4.69, 9.17) is 0 Å². The van der Waals surface area contributed by atoms with E-state index in [0.717, 1.165) is 25.2 Å². The van der Waals surface area contributed by atoms with Gasteiger partial charge >= 0.3 is 0 Å². The van der Waals surface area contributed by atoms with Crippen LogP contribution in [0.5, 0.6) is 0 Å². The van der Waals surface area contributed by atoms with Crippen LogP contribution in [0.4, 0.5) is 5.69 Å². The molecule has 0 aromatic heterocycles. The Morgan fingerprint density at radius 3 is 2.81 bits per heavy atom. The molecule has 0 radical (unpaired) electrons. The molecule has 2 fully saturated rings. The fourth-order valence-corrected chi connectivity index (χ4v) is 3.40. The van der Waals surface area contributed by atoms with Crippen LogP contribution in [0, 0.1) is 5.92 Å². The lowest BCUT2D eigenvalue weighted by Gasteiger charge is -2.20. The largest absolute Gasteiger partial charge is 0.325 e. The van der Waals surface area contributed by atoms with Crippen molar-refractivity contribution in [2.45, 2.75) is 38.8 Å². The molecular weight excluding hydrogens is 262 g/mol. The fourth-order valence-electron chi connectivity index (χ4n) is 3.40. The number of carbonyl (C=O) groups excluding carboxylic acids is 1. The third-order valence-electron chi connectivity index (χ3n) is 4.73. The van der Waals surface area contributed by atoms with Crippen molar-refractivity contribution in [2.75, 3.05) is 25.0 Å². The second-order valence-electron chi connectivity index (χ2n) is 6.27. The average molecular weight is 287 g/mol. The molecule has 2 aliphatic rings. The molecule has 21 heavy (non-hydrogen) atoms. The van der Waals surface area contributed by atoms with Crippen LogP contribution in [0.3, 0.4) is 0 Å². The summed E-state index contributed by atoms with van der Waals surface area (Å²) >= 11 is 0. The summed E-state index contributed by atoms with van der Waals surface area (Å²) in [5, 5.41) is 6.49. The maximum atomic E-state index is 12.4. The Bertz CT molecular complexity index is 497. The maximum absolute atomic E-state index is 12.4. The topological polar surface area (TPSA) is 44.4 Å². The zero-order chi connectivity index (χ0) is 14.7. The second kappa shape index (κ2) is 6.58. The summed E-state index contributed by atoms with van der Waals surface area (Å²) < 4.78 is 0. The highest BCUT2D eigenvalue weighted by Crippen LogP contribution is 2.22. The first-order valence-corrected chi connectivity index (χ1v) is 8.08. The molecule has 4 nitrogen and oxygen atoms in total. The monoisotopic (exact) mass is 287 g/mol. The highest BCUT2D eigenvalue weighted by Gasteiger charge is 2.29. The molecule has 4 heteroatoms. The van der Waals surface area contributed by atoms with Crippen molar-refractivity contribution in [1.82, 2.24) is 10.2 Å². The Labute approximate surface area is 126 Å². The number of anilines is 1. The SMILES string of the molecule is CC1NCCC1C(=O)Nc1ccccc1CN1CCCC1. The van der Waals surface area contributed by atoms with Crippen LogP contribution in [0.25, 0.3) is 0 Å². The molecule has 0 aliphatic carbocycles. The highest BCUT2D eigenvalue weighted by molar-refractivity contribution is 5.93. The van der Waals surface area contributed by atoms with Crippen LogP contribution in [0.15, 0.2) is 24.3 Å². The molecule has 0 saturated carbocycles. The van der Waals surface area contributed by atoms with Crippen molar-refractivity contribution in [2.24, 2.45) is 5.92 Å². The van der Waals surface area contributed by atoms with Gasteiger partial charge < -0.3 is 10.6 Å². The predicted molar refractivity (Wildman–Crippen MR) is 85.2 cm³/mol. The molecule has 2 unspecified atom stereocenters. The molecule has 1 aromatic rings. The van der Waals surface area contributed by atoms with Crippen molar-refractivity contribution < 1.29 is 4.79 Å². The van der Waals surface area contributed by atoms with Gasteiger partial charge in [-0.2, -0.15) is 0 Å². The van der Waals surface area contributed by atoms with E-state index in [0.29, 0.717) is 0 Å². The first kappa shape index (κ1) is 14.5. The summed E-state index contributed by atoms with van der Waals surface area (Å²) in [6.07, 6.45) is 3.51. The van der Waals surface area contributed by atoms with Gasteiger partial charge in [0.15, 0.2) is 0 Å². The third-order valence-corrected chi connectivity index (χ3v) is 4.73. The Kier molecular flexibility index (Phi) is 4.56. The number of rotatable bonds is 4. The number of hydrogen-bond acceptors (Lipinski definition) is 3. The normalized spacial score (nSPS) is 26.1. The summed E-state index contributed by atoms with van der Waals surface area (Å²) in [5.41, 5.74) is 2.21. The predicted octanol–water partition coefficient (Wildman–Crippen LogP) is 2.22. The first-order valence-electron chi connectivity index (χ1n) is 8.08. The number of para-hydroxylation sites is 1. The van der Waals surface area contributed by atoms with E-state index in [-0.39, 0.29) is 17.9 Å². The number of nitrogens with one attached hydrogen (secondary N) is 2. The van der Waals surface area contributed by atoms with E-state index in [1.807, 2.05) is 12.1 Å². The van der Waals surface area contributed by atoms with Crippen molar-refractivity contribution in [3.05, 3.63) is 29.8 Å². The summed E-state index contributed by atoms with van der Waals surface area (Å²) in [7, 11) is 0. The van der Waals surface area contributed by atoms with Crippen LogP contribution in [-0.4, -0.2) is 36.5 Å². The van der Waals surface area contributed by atoms with Crippen molar-refractivity contribution >= 4 is 11.6 Å². The lowest BCUT2D eigenvalue weighted by atomic mass is 10.0. The van der Waals surface area contributed by atoms with Gasteiger partial charge in [-0.1, -0.05) is 18.2 Å². The van der Waals surface area contributed by atoms with Gasteiger partial charge in [0.1, 0.15) is 0 Å². The molecular formula is C17H25N3O. The van der Waals surface area contributed by atoms with E-state index in [9.17, 15) is 4.79 Å². The van der Waals surface area contributed by atoms with Crippen LogP contribution >= 0.6 is 0 Å². The minimum Gasteiger partial charge on any atom is -0.325 e. The lowest BCUT2D eigenvalue weighted by molar-refractivity contribution is -0.120. The molecule has 2 saturated heterocycles. The molecule has 0 spiro atoms. The van der Waals surface area contributed by atoms with E-state index in [1.54, 1.807) is 0 Å². The highest BCUT2D eigenvalue weighted by atomic mass is 16.1. The number of amides is 1. The molecule has 2 aliphatic heterocycles. The van der Waals surface area contributed by atoms with Crippen LogP contribution in [-0.2, 0) is 11.3 Å². The van der Waals surface area contributed by atoms with Gasteiger partial charge in [0, 0.05) is 18.3 Å². The molecule has 1 amide bonds. The van der Waals surface area contributed by atoms with Crippen molar-refractivity contribution in [3.63, 3.8) is 0 Å². The number of benzene rings is 1. The summed E-state index contributed by atoms with van der Waals surface area (Å²) in [6.45, 7) is 6.31. The van der Waals surface area contributed by atoms with Crippen molar-refractivity contribution in [1.29, 1.82) is 0 Å². The van der Waals surface area contributed by atoms with Gasteiger partial charge in [-0.15, -0.1) is 0 Å². The quantitative estimate of drug-likeness (QED) is 0.892. The number of hydrogen-bond donors (Lipinski definition) is 2. The van der Waals surface area contributed by atoms with E-state index in [2.05, 4.69) is 34.6 Å². The van der Waals surface area contributed by atoms with Gasteiger partial charge in [0.05, 0.1) is 5.92 Å². The van der Waals surface area contributed by atoms with Crippen LogP contribution in [0.1, 0.15) is 31.7 Å². The van der Waals surface area contributed by atoms with Gasteiger partial charge in [-0.3, -0.25) is 9.69 Å². The van der Waals surface area contributed by atoms with Gasteiger partial charge in [-0.05, 0) is 57.5 Å². The molecule has 1 aromatic carbocycles. The zero-order valence-corrected chi connectivity index (χ0v) is 12.8. The Morgan fingerprint density at radius 1 is 1.33 bits per heavy atom. The maximum Gasteiger partial charge on any atom is 0.229 e. The molecule has 2 N–H and O–H groups in total. The molecule has 0 bridgehead atoms. The Hall–Kier alpha value is -1.39. The summed E-state index contributed by atoms with van der Waals surface area (Å²) in [5.74, 6) is 0.242. The van der Waals surface area contributed by atoms with Gasteiger partial charge in [-0.25, -0.2) is 0 Å². The molecule has 2 atom stereocenters. The lowest BCUT2D eigenvalue weighted by Crippen LogP contribution is -2.32. The molecule has 2 heterocycles. The minimum absolute atomic E-state index is 0.0878. The number of nitrogens with zero attached hydrogens (tertiary/aromatic N) is 1.